The summed E-state index contributed by atoms with van der Waals surface area (Å²) in [6.45, 7) is 4.05. The zero-order valence-electron chi connectivity index (χ0n) is 11.8. The number of fused-ring (bicyclic) bond motifs is 1. The Labute approximate surface area is 133 Å². The molecule has 2 atom stereocenters. The molecule has 0 N–H and O–H groups in total. The summed E-state index contributed by atoms with van der Waals surface area (Å²) >= 11 is 12.2. The van der Waals surface area contributed by atoms with Crippen molar-refractivity contribution in [2.24, 2.45) is 11.8 Å². The van der Waals surface area contributed by atoms with E-state index in [9.17, 15) is 9.59 Å². The lowest BCUT2D eigenvalue weighted by Crippen LogP contribution is -2.31. The van der Waals surface area contributed by atoms with E-state index in [1.807, 2.05) is 13.8 Å². The fraction of sp³-hybridized carbons (Fsp3) is 0.375. The third-order valence-corrected chi connectivity index (χ3v) is 5.32. The SMILES string of the molecule is CC1=C(C)C[C@@H]2C(=O)N(c3cccc(Cl)c3Cl)C(=O)[C@H]2C1. The van der Waals surface area contributed by atoms with Crippen LogP contribution in [0.3, 0.4) is 0 Å². The van der Waals surface area contributed by atoms with Crippen molar-refractivity contribution in [1.29, 1.82) is 0 Å². The smallest absolute Gasteiger partial charge is 0.238 e. The number of hydrogen-bond donors (Lipinski definition) is 0. The van der Waals surface area contributed by atoms with Crippen molar-refractivity contribution in [3.05, 3.63) is 39.4 Å². The minimum absolute atomic E-state index is 0.166. The number of allylic oxidation sites excluding steroid dienone is 2. The molecule has 0 bridgehead atoms. The topological polar surface area (TPSA) is 37.4 Å². The Hall–Kier alpha value is -1.32. The van der Waals surface area contributed by atoms with Crippen LogP contribution in [0.15, 0.2) is 29.3 Å². The molecule has 1 heterocycles. The number of carbonyl (C=O) groups is 2. The summed E-state index contributed by atoms with van der Waals surface area (Å²) in [6.07, 6.45) is 1.30. The van der Waals surface area contributed by atoms with E-state index in [2.05, 4.69) is 0 Å². The van der Waals surface area contributed by atoms with Crippen molar-refractivity contribution >= 4 is 40.7 Å². The van der Waals surface area contributed by atoms with Gasteiger partial charge in [-0.15, -0.1) is 0 Å². The molecule has 1 saturated heterocycles. The lowest BCUT2D eigenvalue weighted by atomic mass is 9.78. The quantitative estimate of drug-likeness (QED) is 0.573. The summed E-state index contributed by atoms with van der Waals surface area (Å²) in [5.74, 6) is -0.866. The number of rotatable bonds is 1. The van der Waals surface area contributed by atoms with Gasteiger partial charge in [-0.05, 0) is 38.8 Å². The van der Waals surface area contributed by atoms with Crippen LogP contribution in [-0.4, -0.2) is 11.8 Å². The van der Waals surface area contributed by atoms with Crippen LogP contribution in [0, 0.1) is 11.8 Å². The number of halogens is 2. The first-order chi connectivity index (χ1) is 9.91. The second-order valence-electron chi connectivity index (χ2n) is 5.77. The second-order valence-corrected chi connectivity index (χ2v) is 6.55. The van der Waals surface area contributed by atoms with Crippen molar-refractivity contribution in [2.45, 2.75) is 26.7 Å². The highest BCUT2D eigenvalue weighted by atomic mass is 35.5. The van der Waals surface area contributed by atoms with E-state index in [1.165, 1.54) is 16.0 Å². The Morgan fingerprint density at radius 2 is 1.52 bits per heavy atom. The summed E-state index contributed by atoms with van der Waals surface area (Å²) in [7, 11) is 0. The number of hydrogen-bond acceptors (Lipinski definition) is 2. The van der Waals surface area contributed by atoms with Crippen LogP contribution in [-0.2, 0) is 9.59 Å². The van der Waals surface area contributed by atoms with Gasteiger partial charge in [0.2, 0.25) is 11.8 Å². The average Bonchev–Trinajstić information content (AvgIpc) is 2.67. The van der Waals surface area contributed by atoms with Gasteiger partial charge in [0, 0.05) is 0 Å². The summed E-state index contributed by atoms with van der Waals surface area (Å²) < 4.78 is 0. The lowest BCUT2D eigenvalue weighted by Gasteiger charge is -2.23. The van der Waals surface area contributed by atoms with Gasteiger partial charge in [0.15, 0.2) is 0 Å². The van der Waals surface area contributed by atoms with Crippen molar-refractivity contribution in [1.82, 2.24) is 0 Å². The van der Waals surface area contributed by atoms with Gasteiger partial charge in [-0.3, -0.25) is 9.59 Å². The summed E-state index contributed by atoms with van der Waals surface area (Å²) in [4.78, 5) is 26.5. The van der Waals surface area contributed by atoms with Gasteiger partial charge in [0.1, 0.15) is 0 Å². The first-order valence-electron chi connectivity index (χ1n) is 6.89. The molecule has 1 aliphatic heterocycles. The minimum Gasteiger partial charge on any atom is -0.274 e. The first kappa shape index (κ1) is 14.6. The largest absolute Gasteiger partial charge is 0.274 e. The molecule has 1 aromatic carbocycles. The maximum absolute atomic E-state index is 12.6. The molecule has 1 aliphatic carbocycles. The monoisotopic (exact) mass is 323 g/mol. The zero-order chi connectivity index (χ0) is 15.3. The Balaban J connectivity index is 2.02. The molecule has 5 heteroatoms. The minimum atomic E-state index is -0.267. The fourth-order valence-corrected chi connectivity index (χ4v) is 3.53. The third-order valence-electron chi connectivity index (χ3n) is 4.51. The van der Waals surface area contributed by atoms with Gasteiger partial charge < -0.3 is 0 Å². The van der Waals surface area contributed by atoms with E-state index in [0.717, 1.165) is 0 Å². The van der Waals surface area contributed by atoms with Gasteiger partial charge in [-0.2, -0.15) is 0 Å². The highest BCUT2D eigenvalue weighted by Gasteiger charge is 2.50. The van der Waals surface area contributed by atoms with E-state index in [-0.39, 0.29) is 28.7 Å². The van der Waals surface area contributed by atoms with E-state index in [0.29, 0.717) is 23.6 Å². The molecule has 1 aromatic rings. The number of benzene rings is 1. The van der Waals surface area contributed by atoms with E-state index < -0.39 is 0 Å². The molecular weight excluding hydrogens is 309 g/mol. The molecule has 21 heavy (non-hydrogen) atoms. The maximum Gasteiger partial charge on any atom is 0.238 e. The van der Waals surface area contributed by atoms with Crippen molar-refractivity contribution in [2.75, 3.05) is 4.90 Å². The predicted molar refractivity (Wildman–Crippen MR) is 83.5 cm³/mol. The van der Waals surface area contributed by atoms with Crippen LogP contribution in [0.4, 0.5) is 5.69 Å². The van der Waals surface area contributed by atoms with Crippen LogP contribution in [0.25, 0.3) is 0 Å². The molecule has 1 fully saturated rings. The van der Waals surface area contributed by atoms with E-state index in [1.54, 1.807) is 18.2 Å². The predicted octanol–water partition coefficient (Wildman–Crippen LogP) is 4.23. The molecule has 2 aliphatic rings. The molecule has 2 amide bonds. The van der Waals surface area contributed by atoms with Crippen LogP contribution in [0.1, 0.15) is 26.7 Å². The standard InChI is InChI=1S/C16H15Cl2NO2/c1-8-6-10-11(7-9(8)2)16(21)19(15(10)20)13-5-3-4-12(17)14(13)18/h3-5,10-11H,6-7H2,1-2H3/t10-,11-/m0/s1. The van der Waals surface area contributed by atoms with E-state index >= 15 is 0 Å². The molecule has 0 spiro atoms. The Morgan fingerprint density at radius 1 is 1.00 bits per heavy atom. The second kappa shape index (κ2) is 5.15. The summed E-state index contributed by atoms with van der Waals surface area (Å²) in [5, 5.41) is 0.594. The Bertz CT molecular complexity index is 649. The fourth-order valence-electron chi connectivity index (χ4n) is 3.15. The van der Waals surface area contributed by atoms with Gasteiger partial charge >= 0.3 is 0 Å². The van der Waals surface area contributed by atoms with Crippen LogP contribution >= 0.6 is 23.2 Å². The van der Waals surface area contributed by atoms with E-state index in [4.69, 9.17) is 23.2 Å². The highest BCUT2D eigenvalue weighted by Crippen LogP contribution is 2.44. The van der Waals surface area contributed by atoms with Gasteiger partial charge in [0.05, 0.1) is 27.6 Å². The number of imide groups is 1. The Kier molecular flexibility index (Phi) is 3.58. The lowest BCUT2D eigenvalue weighted by molar-refractivity contribution is -0.122. The molecule has 0 radical (unpaired) electrons. The highest BCUT2D eigenvalue weighted by molar-refractivity contribution is 6.44. The molecule has 3 nitrogen and oxygen atoms in total. The Morgan fingerprint density at radius 3 is 2.05 bits per heavy atom. The zero-order valence-corrected chi connectivity index (χ0v) is 13.3. The molecule has 0 aromatic heterocycles. The van der Waals surface area contributed by atoms with Crippen LogP contribution in [0.5, 0.6) is 0 Å². The summed E-state index contributed by atoms with van der Waals surface area (Å²) in [6, 6.07) is 5.00. The van der Waals surface area contributed by atoms with Crippen molar-refractivity contribution < 1.29 is 9.59 Å². The molecule has 0 unspecified atom stereocenters. The van der Waals surface area contributed by atoms with Gasteiger partial charge in [-0.1, -0.05) is 40.4 Å². The van der Waals surface area contributed by atoms with Gasteiger partial charge in [-0.25, -0.2) is 4.90 Å². The third kappa shape index (κ3) is 2.19. The van der Waals surface area contributed by atoms with Crippen molar-refractivity contribution in [3.8, 4) is 0 Å². The van der Waals surface area contributed by atoms with Crippen LogP contribution in [0.2, 0.25) is 10.0 Å². The molecule has 3 rings (SSSR count). The summed E-state index contributed by atoms with van der Waals surface area (Å²) in [5.41, 5.74) is 2.80. The normalized spacial score (nSPS) is 25.6. The van der Waals surface area contributed by atoms with Crippen LogP contribution < -0.4 is 4.90 Å². The van der Waals surface area contributed by atoms with Crippen molar-refractivity contribution in [3.63, 3.8) is 0 Å². The van der Waals surface area contributed by atoms with Gasteiger partial charge in [0.25, 0.3) is 0 Å². The number of amides is 2. The average molecular weight is 324 g/mol. The number of carbonyl (C=O) groups excluding carboxylic acids is 2. The number of nitrogens with zero attached hydrogens (tertiary/aromatic N) is 1. The first-order valence-corrected chi connectivity index (χ1v) is 7.64. The molecular formula is C16H15Cl2NO2. The number of anilines is 1. The molecule has 110 valence electrons. The maximum atomic E-state index is 12.6. The molecule has 0 saturated carbocycles.